The molecule has 25 heavy (non-hydrogen) atoms. The Labute approximate surface area is 146 Å². The van der Waals surface area contributed by atoms with Gasteiger partial charge in [-0.2, -0.15) is 0 Å². The molecule has 2 N–H and O–H groups in total. The maximum Gasteiger partial charge on any atom is 0.255 e. The first kappa shape index (κ1) is 17.2. The second kappa shape index (κ2) is 6.68. The molecular formula is C17H13ClF2N2O3. The average Bonchev–Trinajstić information content (AvgIpc) is 2.76. The van der Waals surface area contributed by atoms with Crippen molar-refractivity contribution in [1.29, 1.82) is 0 Å². The number of carbonyl (C=O) groups is 2. The van der Waals surface area contributed by atoms with Crippen LogP contribution in [-0.2, 0) is 6.54 Å². The van der Waals surface area contributed by atoms with Gasteiger partial charge in [-0.1, -0.05) is 11.6 Å². The first-order valence-electron chi connectivity index (χ1n) is 7.36. The third-order valence-corrected chi connectivity index (χ3v) is 4.09. The van der Waals surface area contributed by atoms with Gasteiger partial charge in [-0.3, -0.25) is 9.59 Å². The molecule has 0 saturated heterocycles. The van der Waals surface area contributed by atoms with Gasteiger partial charge in [-0.25, -0.2) is 8.78 Å². The molecule has 0 fully saturated rings. The number of amides is 2. The highest BCUT2D eigenvalue weighted by molar-refractivity contribution is 6.31. The Hall–Kier alpha value is -2.67. The second-order valence-corrected chi connectivity index (χ2v) is 5.93. The third-order valence-electron chi connectivity index (χ3n) is 3.85. The molecule has 2 aromatic carbocycles. The van der Waals surface area contributed by atoms with Gasteiger partial charge in [0, 0.05) is 22.7 Å². The minimum Gasteiger partial charge on any atom is -0.491 e. The first-order valence-corrected chi connectivity index (χ1v) is 7.74. The summed E-state index contributed by atoms with van der Waals surface area (Å²) in [5, 5.41) is 0.261. The van der Waals surface area contributed by atoms with Crippen molar-refractivity contribution in [3.63, 3.8) is 0 Å². The summed E-state index contributed by atoms with van der Waals surface area (Å²) in [6, 6.07) is 5.95. The minimum absolute atomic E-state index is 0.0255. The van der Waals surface area contributed by atoms with Gasteiger partial charge in [0.15, 0.2) is 0 Å². The number of nitrogens with two attached hydrogens (primary N) is 1. The van der Waals surface area contributed by atoms with Crippen LogP contribution in [0.5, 0.6) is 5.75 Å². The summed E-state index contributed by atoms with van der Waals surface area (Å²) in [4.78, 5) is 25.7. The van der Waals surface area contributed by atoms with Crippen molar-refractivity contribution < 1.29 is 23.1 Å². The molecule has 0 aromatic heterocycles. The smallest absolute Gasteiger partial charge is 0.255 e. The molecule has 3 rings (SSSR count). The molecule has 1 aliphatic rings. The van der Waals surface area contributed by atoms with Crippen molar-refractivity contribution in [2.24, 2.45) is 5.73 Å². The van der Waals surface area contributed by atoms with Gasteiger partial charge >= 0.3 is 0 Å². The van der Waals surface area contributed by atoms with E-state index in [0.717, 1.165) is 12.1 Å². The highest BCUT2D eigenvalue weighted by atomic mass is 35.5. The van der Waals surface area contributed by atoms with Crippen molar-refractivity contribution in [3.8, 4) is 5.75 Å². The van der Waals surface area contributed by atoms with E-state index in [2.05, 4.69) is 0 Å². The van der Waals surface area contributed by atoms with E-state index in [4.69, 9.17) is 22.1 Å². The van der Waals surface area contributed by atoms with Crippen LogP contribution in [0.2, 0.25) is 5.02 Å². The van der Waals surface area contributed by atoms with Gasteiger partial charge in [0.2, 0.25) is 5.91 Å². The lowest BCUT2D eigenvalue weighted by Gasteiger charge is -2.21. The van der Waals surface area contributed by atoms with Gasteiger partial charge in [0.25, 0.3) is 5.91 Å². The van der Waals surface area contributed by atoms with E-state index >= 15 is 0 Å². The molecule has 5 nitrogen and oxygen atoms in total. The lowest BCUT2D eigenvalue weighted by Crippen LogP contribution is -2.34. The zero-order valence-electron chi connectivity index (χ0n) is 12.9. The largest absolute Gasteiger partial charge is 0.491 e. The number of nitrogens with zero attached hydrogens (tertiary/aromatic N) is 1. The van der Waals surface area contributed by atoms with Crippen molar-refractivity contribution in [2.45, 2.75) is 6.54 Å². The number of hydrogen-bond acceptors (Lipinski definition) is 3. The Morgan fingerprint density at radius 2 is 1.92 bits per heavy atom. The zero-order valence-corrected chi connectivity index (χ0v) is 13.6. The van der Waals surface area contributed by atoms with Crippen molar-refractivity contribution in [3.05, 3.63) is 63.7 Å². The number of rotatable bonds is 2. The number of halogens is 3. The topological polar surface area (TPSA) is 72.6 Å². The van der Waals surface area contributed by atoms with E-state index in [1.165, 1.54) is 23.1 Å². The van der Waals surface area contributed by atoms with Gasteiger partial charge in [0.1, 0.15) is 24.0 Å². The van der Waals surface area contributed by atoms with Crippen LogP contribution in [0.1, 0.15) is 26.3 Å². The van der Waals surface area contributed by atoms with Crippen molar-refractivity contribution in [1.82, 2.24) is 4.90 Å². The van der Waals surface area contributed by atoms with Gasteiger partial charge < -0.3 is 15.4 Å². The number of hydrogen-bond donors (Lipinski definition) is 1. The minimum atomic E-state index is -0.805. The number of ether oxygens (including phenoxy) is 1. The standard InChI is InChI=1S/C17H13ClF2N2O3/c18-9-1-2-11(12(5-9)16(21)23)17(24)22-3-4-25-15-7-10(19)6-14(20)13(15)8-22/h1-2,5-7H,3-4,8H2,(H2,21,23). The molecule has 0 bridgehead atoms. The lowest BCUT2D eigenvalue weighted by atomic mass is 10.0. The maximum atomic E-state index is 14.1. The Bertz CT molecular complexity index is 873. The third kappa shape index (κ3) is 3.41. The number of benzene rings is 2. The molecule has 0 spiro atoms. The van der Waals surface area contributed by atoms with E-state index < -0.39 is 23.4 Å². The molecule has 0 aliphatic carbocycles. The fourth-order valence-corrected chi connectivity index (χ4v) is 2.82. The molecule has 0 radical (unpaired) electrons. The Morgan fingerprint density at radius 1 is 1.16 bits per heavy atom. The van der Waals surface area contributed by atoms with E-state index in [9.17, 15) is 18.4 Å². The lowest BCUT2D eigenvalue weighted by molar-refractivity contribution is 0.0727. The molecule has 0 unspecified atom stereocenters. The quantitative estimate of drug-likeness (QED) is 0.888. The second-order valence-electron chi connectivity index (χ2n) is 5.49. The number of fused-ring (bicyclic) bond motifs is 1. The summed E-state index contributed by atoms with van der Waals surface area (Å²) in [5.41, 5.74) is 5.41. The summed E-state index contributed by atoms with van der Waals surface area (Å²) in [6.45, 7) is 0.0671. The molecular weight excluding hydrogens is 354 g/mol. The molecule has 2 aromatic rings. The predicted octanol–water partition coefficient (Wildman–Crippen LogP) is 2.75. The van der Waals surface area contributed by atoms with E-state index in [-0.39, 0.29) is 47.2 Å². The summed E-state index contributed by atoms with van der Waals surface area (Å²) in [5.74, 6) is -2.83. The Kier molecular flexibility index (Phi) is 4.59. The van der Waals surface area contributed by atoms with Crippen LogP contribution in [0.3, 0.4) is 0 Å². The van der Waals surface area contributed by atoms with E-state index in [1.807, 2.05) is 0 Å². The molecule has 2 amide bonds. The molecule has 1 aliphatic heterocycles. The monoisotopic (exact) mass is 366 g/mol. The van der Waals surface area contributed by atoms with Crippen LogP contribution in [0.15, 0.2) is 30.3 Å². The van der Waals surface area contributed by atoms with Crippen LogP contribution in [0.4, 0.5) is 8.78 Å². The van der Waals surface area contributed by atoms with Gasteiger partial charge in [0.05, 0.1) is 24.2 Å². The first-order chi connectivity index (χ1) is 11.9. The highest BCUT2D eigenvalue weighted by Gasteiger charge is 2.26. The maximum absolute atomic E-state index is 14.1. The van der Waals surface area contributed by atoms with Crippen LogP contribution < -0.4 is 10.5 Å². The van der Waals surface area contributed by atoms with E-state index in [0.29, 0.717) is 0 Å². The zero-order chi connectivity index (χ0) is 18.1. The molecule has 8 heteroatoms. The Balaban J connectivity index is 1.97. The summed E-state index contributed by atoms with van der Waals surface area (Å²) < 4.78 is 32.7. The van der Waals surface area contributed by atoms with E-state index in [1.54, 1.807) is 0 Å². The van der Waals surface area contributed by atoms with Crippen LogP contribution in [-0.4, -0.2) is 29.9 Å². The number of primary amides is 1. The molecule has 1 heterocycles. The number of carbonyl (C=O) groups excluding carboxylic acids is 2. The Morgan fingerprint density at radius 3 is 2.64 bits per heavy atom. The fourth-order valence-electron chi connectivity index (χ4n) is 2.65. The predicted molar refractivity (Wildman–Crippen MR) is 86.6 cm³/mol. The van der Waals surface area contributed by atoms with Gasteiger partial charge in [-0.05, 0) is 18.2 Å². The highest BCUT2D eigenvalue weighted by Crippen LogP contribution is 2.28. The van der Waals surface area contributed by atoms with Crippen LogP contribution >= 0.6 is 11.6 Å². The fraction of sp³-hybridized carbons (Fsp3) is 0.176. The van der Waals surface area contributed by atoms with Crippen LogP contribution in [0.25, 0.3) is 0 Å². The SMILES string of the molecule is NC(=O)c1cc(Cl)ccc1C(=O)N1CCOc2cc(F)cc(F)c2C1. The van der Waals surface area contributed by atoms with Crippen molar-refractivity contribution >= 4 is 23.4 Å². The molecule has 0 atom stereocenters. The molecule has 130 valence electrons. The van der Waals surface area contributed by atoms with Crippen LogP contribution in [0, 0.1) is 11.6 Å². The molecule has 0 saturated carbocycles. The summed E-state index contributed by atoms with van der Waals surface area (Å²) >= 11 is 5.84. The summed E-state index contributed by atoms with van der Waals surface area (Å²) in [7, 11) is 0. The normalized spacial score (nSPS) is 13.6. The van der Waals surface area contributed by atoms with Gasteiger partial charge in [-0.15, -0.1) is 0 Å². The summed E-state index contributed by atoms with van der Waals surface area (Å²) in [6.07, 6.45) is 0. The average molecular weight is 367 g/mol. The van der Waals surface area contributed by atoms with Crippen molar-refractivity contribution in [2.75, 3.05) is 13.2 Å².